The van der Waals surface area contributed by atoms with E-state index in [0.29, 0.717) is 0 Å². The monoisotopic (exact) mass is 572 g/mol. The summed E-state index contributed by atoms with van der Waals surface area (Å²) in [5, 5.41) is 28.5. The van der Waals surface area contributed by atoms with Crippen LogP contribution in [0.25, 0.3) is 0 Å². The van der Waals surface area contributed by atoms with Gasteiger partial charge < -0.3 is 29.7 Å². The van der Waals surface area contributed by atoms with Gasteiger partial charge in [-0.3, -0.25) is 0 Å². The molecule has 22 heavy (non-hydrogen) atoms. The van der Waals surface area contributed by atoms with Gasteiger partial charge >= 0.3 is 32.7 Å². The molecule has 0 aliphatic rings. The molecule has 0 aromatic heterocycles. The second-order valence-corrected chi connectivity index (χ2v) is 9.20. The van der Waals surface area contributed by atoms with E-state index in [0.717, 1.165) is 0 Å². The van der Waals surface area contributed by atoms with Crippen molar-refractivity contribution < 1.29 is 62.4 Å². The second kappa shape index (κ2) is 13.3. The Labute approximate surface area is 194 Å². The van der Waals surface area contributed by atoms with Crippen LogP contribution in [-0.4, -0.2) is 29.3 Å². The zero-order valence-corrected chi connectivity index (χ0v) is 19.1. The van der Waals surface area contributed by atoms with E-state index < -0.39 is 29.3 Å². The van der Waals surface area contributed by atoms with Crippen molar-refractivity contribution >= 4 is 122 Å². The Bertz CT molecular complexity index is 313. The van der Waals surface area contributed by atoms with E-state index in [1.54, 1.807) is 0 Å². The predicted octanol–water partition coefficient (Wildman–Crippen LogP) is 0.317. The molecule has 0 aromatic carbocycles. The first-order chi connectivity index (χ1) is 8.83. The van der Waals surface area contributed by atoms with Gasteiger partial charge in [0.15, 0.2) is 0 Å². The van der Waals surface area contributed by atoms with Crippen LogP contribution in [0.15, 0.2) is 0 Å². The molecule has 0 bridgehead atoms. The summed E-state index contributed by atoms with van der Waals surface area (Å²) in [6, 6.07) is 0. The third kappa shape index (κ3) is 24.4. The topological polar surface area (TPSA) is 120 Å². The van der Waals surface area contributed by atoms with Gasteiger partial charge in [0.25, 0.3) is 0 Å². The summed E-state index contributed by atoms with van der Waals surface area (Å²) in [4.78, 5) is 28.5. The van der Waals surface area contributed by atoms with Gasteiger partial charge in [-0.2, -0.15) is 0 Å². The molecule has 0 unspecified atom stereocenters. The molecule has 0 aromatic rings. The Morgan fingerprint density at radius 1 is 0.500 bits per heavy atom. The summed E-state index contributed by atoms with van der Waals surface area (Å²) in [7, 11) is 0. The second-order valence-electron chi connectivity index (χ2n) is 2.36. The number of carboxylic acid groups (broad SMARTS) is 3. The Morgan fingerprint density at radius 3 is 0.545 bits per heavy atom. The van der Waals surface area contributed by atoms with E-state index >= 15 is 0 Å². The van der Waals surface area contributed by atoms with E-state index in [-0.39, 0.29) is 32.7 Å². The average Bonchev–Trinajstić information content (AvgIpc) is 2.14. The summed E-state index contributed by atoms with van der Waals surface area (Å²) < 4.78 is -6.83. The third-order valence-electron chi connectivity index (χ3n) is 0.694. The molecule has 16 heteroatoms. The maximum absolute atomic E-state index is 9.51. The van der Waals surface area contributed by atoms with Crippen molar-refractivity contribution in [2.24, 2.45) is 0 Å². The molecule has 0 heterocycles. The van der Waals surface area contributed by atoms with Crippen LogP contribution in [0.2, 0.25) is 0 Å². The number of rotatable bonds is 0. The number of carbonyl (C=O) groups is 3. The van der Waals surface area contributed by atoms with Crippen molar-refractivity contribution in [3.8, 4) is 0 Å². The molecule has 0 fully saturated rings. The smallest absolute Gasteiger partial charge is 0.545 e. The van der Waals surface area contributed by atoms with Gasteiger partial charge in [0, 0.05) is 0 Å². The molecule has 0 aliphatic carbocycles. The number of carboxylic acids is 3. The van der Waals surface area contributed by atoms with Crippen molar-refractivity contribution in [1.82, 2.24) is 0 Å². The summed E-state index contributed by atoms with van der Waals surface area (Å²) >= 11 is 42.6. The SMILES string of the molecule is O=C([O-])C(Cl)(Cl)Cl.O=C([O-])C(Cl)(Cl)Cl.O=C([O-])C(Cl)(Cl)Cl.[Y+3]. The van der Waals surface area contributed by atoms with Crippen LogP contribution in [0, 0.1) is 0 Å². The molecular formula is C6Cl9O6Y. The largest absolute Gasteiger partial charge is 3.00 e. The van der Waals surface area contributed by atoms with E-state index in [1.165, 1.54) is 0 Å². The Hall–Kier alpha value is 2.12. The number of aliphatic carboxylic acids is 3. The number of carbonyl (C=O) groups excluding carboxylic acids is 3. The molecule has 0 saturated carbocycles. The zero-order valence-electron chi connectivity index (χ0n) is 9.43. The molecule has 0 saturated heterocycles. The Kier molecular flexibility index (Phi) is 19.3. The van der Waals surface area contributed by atoms with E-state index in [4.69, 9.17) is 104 Å². The first kappa shape index (κ1) is 31.9. The zero-order chi connectivity index (χ0) is 18.2. The summed E-state index contributed by atoms with van der Waals surface area (Å²) in [5.41, 5.74) is 0. The van der Waals surface area contributed by atoms with Gasteiger partial charge in [-0.05, 0) is 0 Å². The van der Waals surface area contributed by atoms with Gasteiger partial charge in [-0.25, -0.2) is 0 Å². The minimum absolute atomic E-state index is 0. The first-order valence-electron chi connectivity index (χ1n) is 3.68. The fourth-order valence-electron chi connectivity index (χ4n) is 0. The van der Waals surface area contributed by atoms with Gasteiger partial charge in [0.1, 0.15) is 0 Å². The standard InChI is InChI=1S/3C2HCl3O2.Y/c3*3-2(4,5)1(6)7;/h3*(H,6,7);/q;;;+3/p-3. The van der Waals surface area contributed by atoms with Crippen molar-refractivity contribution in [1.29, 1.82) is 0 Å². The van der Waals surface area contributed by atoms with Crippen LogP contribution in [0.4, 0.5) is 0 Å². The van der Waals surface area contributed by atoms with Gasteiger partial charge in [-0.15, -0.1) is 0 Å². The molecule has 0 N–H and O–H groups in total. The number of hydrogen-bond donors (Lipinski definition) is 0. The molecule has 0 amide bonds. The molecule has 0 radical (unpaired) electrons. The molecule has 126 valence electrons. The molecular weight excluding hydrogens is 576 g/mol. The van der Waals surface area contributed by atoms with Crippen molar-refractivity contribution in [3.63, 3.8) is 0 Å². The average molecular weight is 576 g/mol. The molecule has 6 nitrogen and oxygen atoms in total. The van der Waals surface area contributed by atoms with Crippen LogP contribution >= 0.6 is 104 Å². The van der Waals surface area contributed by atoms with Crippen LogP contribution in [0.1, 0.15) is 0 Å². The van der Waals surface area contributed by atoms with Gasteiger partial charge in [-0.1, -0.05) is 104 Å². The van der Waals surface area contributed by atoms with Crippen molar-refractivity contribution in [3.05, 3.63) is 0 Å². The summed E-state index contributed by atoms with van der Waals surface area (Å²) in [6.07, 6.45) is 0. The van der Waals surface area contributed by atoms with Crippen molar-refractivity contribution in [2.75, 3.05) is 0 Å². The van der Waals surface area contributed by atoms with Crippen molar-refractivity contribution in [2.45, 2.75) is 11.4 Å². The normalized spacial score (nSPS) is 10.8. The molecule has 0 spiro atoms. The van der Waals surface area contributed by atoms with Gasteiger partial charge in [0.2, 0.25) is 11.4 Å². The fraction of sp³-hybridized carbons (Fsp3) is 0.500. The number of alkyl halides is 9. The Morgan fingerprint density at radius 2 is 0.545 bits per heavy atom. The number of halogens is 9. The molecule has 0 rings (SSSR count). The van der Waals surface area contributed by atoms with Crippen LogP contribution in [-0.2, 0) is 47.1 Å². The molecule has 0 atom stereocenters. The van der Waals surface area contributed by atoms with Crippen LogP contribution < -0.4 is 15.3 Å². The number of hydrogen-bond acceptors (Lipinski definition) is 6. The first-order valence-corrected chi connectivity index (χ1v) is 7.08. The Balaban J connectivity index is -0.000000108. The maximum atomic E-state index is 9.51. The minimum atomic E-state index is -2.28. The maximum Gasteiger partial charge on any atom is 3.00 e. The van der Waals surface area contributed by atoms with E-state index in [1.807, 2.05) is 0 Å². The van der Waals surface area contributed by atoms with E-state index in [2.05, 4.69) is 0 Å². The summed E-state index contributed by atoms with van der Waals surface area (Å²) in [6.45, 7) is 0. The fourth-order valence-corrected chi connectivity index (χ4v) is 0. The summed E-state index contributed by atoms with van der Waals surface area (Å²) in [5.74, 6) is -5.13. The van der Waals surface area contributed by atoms with Crippen LogP contribution in [0.5, 0.6) is 0 Å². The van der Waals surface area contributed by atoms with Crippen LogP contribution in [0.3, 0.4) is 0 Å². The quantitative estimate of drug-likeness (QED) is 0.384. The predicted molar refractivity (Wildman–Crippen MR) is 75.9 cm³/mol. The third-order valence-corrected chi connectivity index (χ3v) is 2.08. The van der Waals surface area contributed by atoms with E-state index in [9.17, 15) is 29.7 Å². The minimum Gasteiger partial charge on any atom is -0.545 e. The van der Waals surface area contributed by atoms with Gasteiger partial charge in [0.05, 0.1) is 17.9 Å². The molecule has 0 aliphatic heterocycles.